The molecule has 0 amide bonds. The standard InChI is InChI=1S/C22H18ClNO4S/c23-17-11-12-20-16(13-17)14-18(7-4-10-22(25)26)24(20)29(27,28)21-9-3-6-15-5-1-2-8-19(15)21/h1-3,5-6,8-9,11-14H,4,7,10H2,(H,25,26). The number of hydrogen-bond acceptors (Lipinski definition) is 3. The van der Waals surface area contributed by atoms with Crippen LogP contribution in [0, 0.1) is 0 Å². The normalized spacial score (nSPS) is 11.9. The molecule has 5 nitrogen and oxygen atoms in total. The summed E-state index contributed by atoms with van der Waals surface area (Å²) in [4.78, 5) is 11.1. The molecule has 1 N–H and O–H groups in total. The Morgan fingerprint density at radius 1 is 0.966 bits per heavy atom. The molecule has 1 aromatic heterocycles. The topological polar surface area (TPSA) is 76.4 Å². The first-order chi connectivity index (χ1) is 13.9. The quantitative estimate of drug-likeness (QED) is 0.465. The predicted molar refractivity (Wildman–Crippen MR) is 114 cm³/mol. The molecule has 0 unspecified atom stereocenters. The van der Waals surface area contributed by atoms with Crippen molar-refractivity contribution >= 4 is 49.3 Å². The van der Waals surface area contributed by atoms with E-state index in [1.165, 1.54) is 3.97 Å². The zero-order valence-corrected chi connectivity index (χ0v) is 16.9. The van der Waals surface area contributed by atoms with Crippen molar-refractivity contribution in [2.24, 2.45) is 0 Å². The van der Waals surface area contributed by atoms with Crippen molar-refractivity contribution in [2.75, 3.05) is 0 Å². The molecule has 29 heavy (non-hydrogen) atoms. The number of hydrogen-bond donors (Lipinski definition) is 1. The Hall–Kier alpha value is -2.83. The molecule has 0 bridgehead atoms. The Kier molecular flexibility index (Phi) is 5.06. The van der Waals surface area contributed by atoms with Crippen molar-refractivity contribution in [3.63, 3.8) is 0 Å². The Labute approximate surface area is 173 Å². The van der Waals surface area contributed by atoms with Crippen molar-refractivity contribution in [3.8, 4) is 0 Å². The molecule has 4 aromatic rings. The van der Waals surface area contributed by atoms with Gasteiger partial charge in [0, 0.05) is 27.9 Å². The van der Waals surface area contributed by atoms with E-state index in [1.54, 1.807) is 42.5 Å². The monoisotopic (exact) mass is 427 g/mol. The second-order valence-electron chi connectivity index (χ2n) is 6.83. The Morgan fingerprint density at radius 2 is 1.72 bits per heavy atom. The fourth-order valence-electron chi connectivity index (χ4n) is 3.62. The zero-order chi connectivity index (χ0) is 20.6. The van der Waals surface area contributed by atoms with Crippen LogP contribution in [0.1, 0.15) is 18.5 Å². The number of aliphatic carboxylic acids is 1. The van der Waals surface area contributed by atoms with Crippen LogP contribution in [0.15, 0.2) is 71.6 Å². The maximum atomic E-state index is 13.7. The number of carbonyl (C=O) groups is 1. The Morgan fingerprint density at radius 3 is 2.52 bits per heavy atom. The van der Waals surface area contributed by atoms with Crippen LogP contribution >= 0.6 is 11.6 Å². The Balaban J connectivity index is 1.94. The number of fused-ring (bicyclic) bond motifs is 2. The van der Waals surface area contributed by atoms with E-state index in [2.05, 4.69) is 0 Å². The molecule has 0 radical (unpaired) electrons. The van der Waals surface area contributed by atoms with Crippen LogP contribution in [0.4, 0.5) is 0 Å². The lowest BCUT2D eigenvalue weighted by atomic mass is 10.1. The molecule has 0 aliphatic rings. The molecule has 0 aliphatic carbocycles. The molecule has 1 heterocycles. The van der Waals surface area contributed by atoms with Gasteiger partial charge in [-0.3, -0.25) is 4.79 Å². The smallest absolute Gasteiger partial charge is 0.303 e. The van der Waals surface area contributed by atoms with Crippen LogP contribution in [0.5, 0.6) is 0 Å². The van der Waals surface area contributed by atoms with Gasteiger partial charge in [-0.15, -0.1) is 0 Å². The van der Waals surface area contributed by atoms with E-state index in [9.17, 15) is 13.2 Å². The third kappa shape index (κ3) is 3.61. The molecular formula is C22H18ClNO4S. The first kappa shape index (κ1) is 19.5. The minimum absolute atomic E-state index is 0.0312. The molecule has 3 aromatic carbocycles. The van der Waals surface area contributed by atoms with Crippen LogP contribution in [0.3, 0.4) is 0 Å². The highest BCUT2D eigenvalue weighted by Crippen LogP contribution is 2.31. The average Bonchev–Trinajstić information content (AvgIpc) is 3.05. The van der Waals surface area contributed by atoms with Crippen molar-refractivity contribution in [3.05, 3.63) is 77.4 Å². The zero-order valence-electron chi connectivity index (χ0n) is 15.4. The van der Waals surface area contributed by atoms with Gasteiger partial charge in [-0.2, -0.15) is 0 Å². The van der Waals surface area contributed by atoms with Crippen molar-refractivity contribution in [1.29, 1.82) is 0 Å². The van der Waals surface area contributed by atoms with Gasteiger partial charge in [0.05, 0.1) is 10.4 Å². The van der Waals surface area contributed by atoms with Gasteiger partial charge in [-0.1, -0.05) is 48.0 Å². The second-order valence-corrected chi connectivity index (χ2v) is 9.02. The fourth-order valence-corrected chi connectivity index (χ4v) is 5.59. The molecule has 0 aliphatic heterocycles. The van der Waals surface area contributed by atoms with Crippen LogP contribution in [0.25, 0.3) is 21.7 Å². The van der Waals surface area contributed by atoms with Gasteiger partial charge in [0.2, 0.25) is 0 Å². The molecule has 148 valence electrons. The van der Waals surface area contributed by atoms with E-state index in [1.807, 2.05) is 24.3 Å². The summed E-state index contributed by atoms with van der Waals surface area (Å²) in [5, 5.41) is 11.6. The van der Waals surface area contributed by atoms with Gasteiger partial charge in [0.25, 0.3) is 10.0 Å². The number of aromatic nitrogens is 1. The number of rotatable bonds is 6. The van der Waals surface area contributed by atoms with E-state index >= 15 is 0 Å². The third-order valence-corrected chi connectivity index (χ3v) is 6.94. The van der Waals surface area contributed by atoms with Crippen LogP contribution in [0.2, 0.25) is 5.02 Å². The fraction of sp³-hybridized carbons (Fsp3) is 0.136. The lowest BCUT2D eigenvalue weighted by Gasteiger charge is -2.14. The molecule has 4 rings (SSSR count). The highest BCUT2D eigenvalue weighted by atomic mass is 35.5. The van der Waals surface area contributed by atoms with Crippen LogP contribution in [-0.2, 0) is 21.2 Å². The first-order valence-corrected chi connectivity index (χ1v) is 10.9. The van der Waals surface area contributed by atoms with Gasteiger partial charge in [-0.05, 0) is 48.6 Å². The van der Waals surface area contributed by atoms with Crippen LogP contribution < -0.4 is 0 Å². The number of carboxylic acid groups (broad SMARTS) is 1. The highest BCUT2D eigenvalue weighted by Gasteiger charge is 2.25. The summed E-state index contributed by atoms with van der Waals surface area (Å²) in [6, 6.07) is 19.3. The first-order valence-electron chi connectivity index (χ1n) is 9.13. The summed E-state index contributed by atoms with van der Waals surface area (Å²) in [6.07, 6.45) is 0.629. The minimum atomic E-state index is -3.92. The summed E-state index contributed by atoms with van der Waals surface area (Å²) >= 11 is 6.10. The summed E-state index contributed by atoms with van der Waals surface area (Å²) in [6.45, 7) is 0. The molecule has 0 saturated carbocycles. The highest BCUT2D eigenvalue weighted by molar-refractivity contribution is 7.90. The molecule has 0 spiro atoms. The van der Waals surface area contributed by atoms with Gasteiger partial charge in [0.1, 0.15) is 0 Å². The summed E-state index contributed by atoms with van der Waals surface area (Å²) in [5.41, 5.74) is 1.06. The minimum Gasteiger partial charge on any atom is -0.481 e. The van der Waals surface area contributed by atoms with Gasteiger partial charge in [-0.25, -0.2) is 12.4 Å². The van der Waals surface area contributed by atoms with E-state index < -0.39 is 16.0 Å². The summed E-state index contributed by atoms with van der Waals surface area (Å²) in [7, 11) is -3.92. The van der Waals surface area contributed by atoms with E-state index in [-0.39, 0.29) is 11.3 Å². The summed E-state index contributed by atoms with van der Waals surface area (Å²) in [5.74, 6) is -0.910. The van der Waals surface area contributed by atoms with Gasteiger partial charge < -0.3 is 5.11 Å². The summed E-state index contributed by atoms with van der Waals surface area (Å²) < 4.78 is 28.8. The van der Waals surface area contributed by atoms with E-state index in [0.717, 1.165) is 5.39 Å². The number of nitrogens with zero attached hydrogens (tertiary/aromatic N) is 1. The van der Waals surface area contributed by atoms with Crippen molar-refractivity contribution < 1.29 is 18.3 Å². The third-order valence-electron chi connectivity index (χ3n) is 4.88. The molecule has 7 heteroatoms. The Bertz CT molecular complexity index is 1340. The molecular weight excluding hydrogens is 410 g/mol. The number of benzene rings is 3. The predicted octanol–water partition coefficient (Wildman–Crippen LogP) is 5.09. The van der Waals surface area contributed by atoms with E-state index in [4.69, 9.17) is 16.7 Å². The maximum Gasteiger partial charge on any atom is 0.303 e. The number of aryl methyl sites for hydroxylation is 1. The molecule has 0 fully saturated rings. The average molecular weight is 428 g/mol. The largest absolute Gasteiger partial charge is 0.481 e. The molecule has 0 atom stereocenters. The number of halogens is 1. The van der Waals surface area contributed by atoms with E-state index in [0.29, 0.717) is 39.8 Å². The molecule has 0 saturated heterocycles. The second kappa shape index (κ2) is 7.54. The number of carboxylic acids is 1. The van der Waals surface area contributed by atoms with Crippen molar-refractivity contribution in [1.82, 2.24) is 3.97 Å². The van der Waals surface area contributed by atoms with Gasteiger partial charge in [0.15, 0.2) is 0 Å². The SMILES string of the molecule is O=C(O)CCCc1cc2cc(Cl)ccc2n1S(=O)(=O)c1cccc2ccccc12. The van der Waals surface area contributed by atoms with Gasteiger partial charge >= 0.3 is 5.97 Å². The lowest BCUT2D eigenvalue weighted by molar-refractivity contribution is -0.137. The van der Waals surface area contributed by atoms with Crippen LogP contribution in [-0.4, -0.2) is 23.5 Å². The lowest BCUT2D eigenvalue weighted by Crippen LogP contribution is -2.16. The maximum absolute atomic E-state index is 13.7. The van der Waals surface area contributed by atoms with Crippen molar-refractivity contribution in [2.45, 2.75) is 24.2 Å².